The van der Waals surface area contributed by atoms with E-state index in [0.29, 0.717) is 0 Å². The lowest BCUT2D eigenvalue weighted by Crippen LogP contribution is -2.26. The van der Waals surface area contributed by atoms with Crippen molar-refractivity contribution in [3.05, 3.63) is 75.5 Å². The largest absolute Gasteiger partial charge is 0.403 e. The van der Waals surface area contributed by atoms with Gasteiger partial charge in [-0.1, -0.05) is 23.8 Å². The van der Waals surface area contributed by atoms with Gasteiger partial charge in [-0.2, -0.15) is 5.10 Å². The predicted octanol–water partition coefficient (Wildman–Crippen LogP) is 4.22. The van der Waals surface area contributed by atoms with Gasteiger partial charge in [0.15, 0.2) is 4.90 Å². The number of benzene rings is 2. The minimum absolute atomic E-state index is 0.0345. The van der Waals surface area contributed by atoms with E-state index >= 15 is 0 Å². The third-order valence-electron chi connectivity index (χ3n) is 4.68. The number of hydrogen-bond donors (Lipinski definition) is 0. The van der Waals surface area contributed by atoms with E-state index in [0.717, 1.165) is 11.6 Å². The first-order valence-corrected chi connectivity index (χ1v) is 11.2. The number of nitro groups is 1. The van der Waals surface area contributed by atoms with E-state index < -0.39 is 26.3 Å². The molecule has 2 aromatic carbocycles. The number of nitrogens with zero attached hydrogens (tertiary/aromatic N) is 3. The Labute approximate surface area is 185 Å². The number of sulfone groups is 1. The summed E-state index contributed by atoms with van der Waals surface area (Å²) in [5.74, 6) is -1.17. The molecule has 168 valence electrons. The van der Waals surface area contributed by atoms with Gasteiger partial charge in [0, 0.05) is 12.1 Å². The van der Waals surface area contributed by atoms with Gasteiger partial charge in [-0.3, -0.25) is 10.1 Å². The Morgan fingerprint density at radius 1 is 1.09 bits per heavy atom. The zero-order valence-corrected chi connectivity index (χ0v) is 19.1. The Morgan fingerprint density at radius 2 is 1.72 bits per heavy atom. The summed E-state index contributed by atoms with van der Waals surface area (Å²) >= 11 is 0. The standard InChI is InChI=1S/C22H23N3O6S/c1-14-9-11-18(12-10-14)32(29,30)19-15(2)23-24(22(3,4)5)20(19)31-21(26)16-7-6-8-17(13-16)25(27)28/h6-13H,1-5H3. The summed E-state index contributed by atoms with van der Waals surface area (Å²) in [6, 6.07) is 11.3. The molecule has 0 aliphatic rings. The average molecular weight is 458 g/mol. The van der Waals surface area contributed by atoms with E-state index in [1.54, 1.807) is 32.9 Å². The van der Waals surface area contributed by atoms with Crippen LogP contribution in [0.2, 0.25) is 0 Å². The van der Waals surface area contributed by atoms with Crippen molar-refractivity contribution >= 4 is 21.5 Å². The molecule has 10 heteroatoms. The topological polar surface area (TPSA) is 121 Å². The van der Waals surface area contributed by atoms with Gasteiger partial charge in [0.05, 0.1) is 26.6 Å². The van der Waals surface area contributed by atoms with Crippen LogP contribution in [0.1, 0.15) is 42.4 Å². The van der Waals surface area contributed by atoms with Crippen molar-refractivity contribution in [1.82, 2.24) is 9.78 Å². The van der Waals surface area contributed by atoms with Gasteiger partial charge in [0.25, 0.3) is 5.69 Å². The number of ether oxygens (including phenoxy) is 1. The zero-order chi connectivity index (χ0) is 23.8. The minimum Gasteiger partial charge on any atom is -0.403 e. The second-order valence-electron chi connectivity index (χ2n) is 8.32. The second-order valence-corrected chi connectivity index (χ2v) is 10.2. The number of hydrogen-bond acceptors (Lipinski definition) is 7. The second kappa shape index (κ2) is 8.19. The van der Waals surface area contributed by atoms with Crippen molar-refractivity contribution in [2.24, 2.45) is 0 Å². The first kappa shape index (κ1) is 23.1. The molecule has 0 fully saturated rings. The van der Waals surface area contributed by atoms with Crippen molar-refractivity contribution in [2.75, 3.05) is 0 Å². The lowest BCUT2D eigenvalue weighted by Gasteiger charge is -2.22. The van der Waals surface area contributed by atoms with Gasteiger partial charge in [-0.15, -0.1) is 0 Å². The molecule has 0 aliphatic carbocycles. The smallest absolute Gasteiger partial charge is 0.345 e. The number of carbonyl (C=O) groups excluding carboxylic acids is 1. The molecule has 1 heterocycles. The molecule has 0 saturated heterocycles. The van der Waals surface area contributed by atoms with Crippen molar-refractivity contribution in [3.63, 3.8) is 0 Å². The lowest BCUT2D eigenvalue weighted by atomic mass is 10.1. The molecule has 32 heavy (non-hydrogen) atoms. The van der Waals surface area contributed by atoms with Crippen LogP contribution in [-0.2, 0) is 15.4 Å². The number of non-ortho nitro benzene ring substituents is 1. The zero-order valence-electron chi connectivity index (χ0n) is 18.3. The van der Waals surface area contributed by atoms with Gasteiger partial charge in [-0.25, -0.2) is 17.9 Å². The highest BCUT2D eigenvalue weighted by Gasteiger charge is 2.34. The summed E-state index contributed by atoms with van der Waals surface area (Å²) in [5.41, 5.74) is -0.0280. The van der Waals surface area contributed by atoms with E-state index in [1.807, 2.05) is 6.92 Å². The first-order chi connectivity index (χ1) is 14.8. The van der Waals surface area contributed by atoms with Crippen molar-refractivity contribution in [1.29, 1.82) is 0 Å². The molecule has 0 atom stereocenters. The Hall–Kier alpha value is -3.53. The Balaban J connectivity index is 2.16. The van der Waals surface area contributed by atoms with E-state index in [2.05, 4.69) is 5.10 Å². The van der Waals surface area contributed by atoms with Crippen LogP contribution < -0.4 is 4.74 Å². The van der Waals surface area contributed by atoms with Crippen LogP contribution in [0, 0.1) is 24.0 Å². The molecule has 0 bridgehead atoms. The van der Waals surface area contributed by atoms with E-state index in [4.69, 9.17) is 4.74 Å². The molecule has 0 saturated carbocycles. The molecule has 0 spiro atoms. The summed E-state index contributed by atoms with van der Waals surface area (Å²) < 4.78 is 33.8. The number of aryl methyl sites for hydroxylation is 2. The van der Waals surface area contributed by atoms with Gasteiger partial charge in [-0.05, 0) is 52.8 Å². The number of aromatic nitrogens is 2. The predicted molar refractivity (Wildman–Crippen MR) is 117 cm³/mol. The third kappa shape index (κ3) is 4.40. The van der Waals surface area contributed by atoms with Crippen molar-refractivity contribution in [2.45, 2.75) is 49.9 Å². The van der Waals surface area contributed by atoms with Crippen molar-refractivity contribution in [3.8, 4) is 5.88 Å². The fourth-order valence-corrected chi connectivity index (χ4v) is 4.59. The normalized spacial score (nSPS) is 11.9. The van der Waals surface area contributed by atoms with Crippen LogP contribution >= 0.6 is 0 Å². The monoisotopic (exact) mass is 457 g/mol. The maximum Gasteiger partial charge on any atom is 0.345 e. The molecule has 0 N–H and O–H groups in total. The van der Waals surface area contributed by atoms with Gasteiger partial charge in [0.2, 0.25) is 15.7 Å². The van der Waals surface area contributed by atoms with Crippen LogP contribution in [0.3, 0.4) is 0 Å². The van der Waals surface area contributed by atoms with E-state index in [-0.39, 0.29) is 32.6 Å². The molecule has 0 aliphatic heterocycles. The van der Waals surface area contributed by atoms with Crippen molar-refractivity contribution < 1.29 is 22.9 Å². The molecule has 0 radical (unpaired) electrons. The number of nitro benzene ring substituents is 1. The molecular weight excluding hydrogens is 434 g/mol. The molecular formula is C22H23N3O6S. The number of esters is 1. The summed E-state index contributed by atoms with van der Waals surface area (Å²) in [6.45, 7) is 8.71. The fourth-order valence-electron chi connectivity index (χ4n) is 3.07. The quantitative estimate of drug-likeness (QED) is 0.319. The maximum atomic E-state index is 13.5. The Morgan fingerprint density at radius 3 is 2.28 bits per heavy atom. The summed E-state index contributed by atoms with van der Waals surface area (Å²) in [4.78, 5) is 23.1. The summed E-state index contributed by atoms with van der Waals surface area (Å²) in [7, 11) is -4.07. The van der Waals surface area contributed by atoms with Gasteiger partial charge in [0.1, 0.15) is 0 Å². The Kier molecular flexibility index (Phi) is 5.92. The SMILES string of the molecule is Cc1ccc(S(=O)(=O)c2c(C)nn(C(C)(C)C)c2OC(=O)c2cccc([N+](=O)[O-])c2)cc1. The first-order valence-electron chi connectivity index (χ1n) is 9.71. The number of rotatable bonds is 5. The van der Waals surface area contributed by atoms with Crippen LogP contribution in [0.15, 0.2) is 58.3 Å². The van der Waals surface area contributed by atoms with E-state index in [9.17, 15) is 23.3 Å². The summed E-state index contributed by atoms with van der Waals surface area (Å²) in [5, 5.41) is 15.4. The van der Waals surface area contributed by atoms with Crippen LogP contribution in [0.5, 0.6) is 5.88 Å². The molecule has 3 rings (SSSR count). The highest BCUT2D eigenvalue weighted by molar-refractivity contribution is 7.91. The third-order valence-corrected chi connectivity index (χ3v) is 6.58. The molecule has 0 unspecified atom stereocenters. The van der Waals surface area contributed by atoms with Crippen LogP contribution in [0.4, 0.5) is 5.69 Å². The molecule has 1 aromatic heterocycles. The average Bonchev–Trinajstić information content (AvgIpc) is 3.05. The molecule has 0 amide bonds. The fraction of sp³-hybridized carbons (Fsp3) is 0.273. The maximum absolute atomic E-state index is 13.5. The van der Waals surface area contributed by atoms with Gasteiger partial charge < -0.3 is 4.74 Å². The van der Waals surface area contributed by atoms with Crippen LogP contribution in [0.25, 0.3) is 0 Å². The van der Waals surface area contributed by atoms with E-state index in [1.165, 1.54) is 41.9 Å². The highest BCUT2D eigenvalue weighted by Crippen LogP contribution is 2.36. The molecule has 9 nitrogen and oxygen atoms in total. The highest BCUT2D eigenvalue weighted by atomic mass is 32.2. The van der Waals surface area contributed by atoms with Crippen LogP contribution in [-0.4, -0.2) is 29.1 Å². The Bertz CT molecular complexity index is 1300. The lowest BCUT2D eigenvalue weighted by molar-refractivity contribution is -0.384. The minimum atomic E-state index is -4.07. The number of carbonyl (C=O) groups is 1. The summed E-state index contributed by atoms with van der Waals surface area (Å²) in [6.07, 6.45) is 0. The van der Waals surface area contributed by atoms with Gasteiger partial charge >= 0.3 is 5.97 Å². The molecule has 3 aromatic rings.